The number of rotatable bonds is 7. The van der Waals surface area contributed by atoms with Crippen LogP contribution in [0.4, 0.5) is 5.69 Å². The van der Waals surface area contributed by atoms with Gasteiger partial charge in [0.1, 0.15) is 23.1 Å². The Morgan fingerprint density at radius 1 is 1.17 bits per heavy atom. The molecule has 0 fully saturated rings. The maximum absolute atomic E-state index is 12.4. The number of nitriles is 1. The molecule has 0 unspecified atom stereocenters. The van der Waals surface area contributed by atoms with E-state index in [4.69, 9.17) is 25.8 Å². The van der Waals surface area contributed by atoms with Crippen LogP contribution < -0.4 is 14.8 Å². The smallest absolute Gasteiger partial charge is 0.349 e. The molecule has 29 heavy (non-hydrogen) atoms. The molecule has 0 aliphatic heterocycles. The molecule has 0 aliphatic carbocycles. The number of carbonyl (C=O) groups excluding carboxylic acids is 2. The largest absolute Gasteiger partial charge is 0.497 e. The predicted molar refractivity (Wildman–Crippen MR) is 109 cm³/mol. The minimum Gasteiger partial charge on any atom is -0.497 e. The Labute approximate surface area is 173 Å². The average Bonchev–Trinajstić information content (AvgIpc) is 2.72. The van der Waals surface area contributed by atoms with Gasteiger partial charge in [-0.2, -0.15) is 5.26 Å². The molecule has 0 aromatic heterocycles. The number of hydrogen-bond acceptors (Lipinski definition) is 6. The molecule has 0 aliphatic rings. The average molecular weight is 415 g/mol. The van der Waals surface area contributed by atoms with Crippen LogP contribution in [0.1, 0.15) is 12.5 Å². The minimum absolute atomic E-state index is 0.252. The fourth-order valence-electron chi connectivity index (χ4n) is 2.32. The molecule has 0 spiro atoms. The van der Waals surface area contributed by atoms with Crippen LogP contribution in [0.3, 0.4) is 0 Å². The van der Waals surface area contributed by atoms with E-state index in [9.17, 15) is 14.9 Å². The monoisotopic (exact) mass is 414 g/mol. The van der Waals surface area contributed by atoms with Gasteiger partial charge in [-0.15, -0.1) is 0 Å². The molecule has 0 bridgehead atoms. The molecule has 1 amide bonds. The summed E-state index contributed by atoms with van der Waals surface area (Å²) in [5, 5.41) is 12.3. The summed E-state index contributed by atoms with van der Waals surface area (Å²) < 4.78 is 15.4. The summed E-state index contributed by atoms with van der Waals surface area (Å²) in [6.07, 6.45) is 0.198. The second-order valence-corrected chi connectivity index (χ2v) is 6.26. The van der Waals surface area contributed by atoms with Gasteiger partial charge in [0.2, 0.25) is 0 Å². The molecule has 0 heterocycles. The van der Waals surface area contributed by atoms with Crippen molar-refractivity contribution in [3.63, 3.8) is 0 Å². The number of halogens is 1. The maximum atomic E-state index is 12.4. The maximum Gasteiger partial charge on any atom is 0.349 e. The quantitative estimate of drug-likeness (QED) is 0.420. The van der Waals surface area contributed by atoms with Gasteiger partial charge in [-0.05, 0) is 48.9 Å². The third-order valence-electron chi connectivity index (χ3n) is 3.82. The lowest BCUT2D eigenvalue weighted by molar-refractivity contribution is -0.148. The van der Waals surface area contributed by atoms with Crippen molar-refractivity contribution < 1.29 is 23.8 Å². The van der Waals surface area contributed by atoms with Crippen molar-refractivity contribution in [2.45, 2.75) is 13.0 Å². The lowest BCUT2D eigenvalue weighted by Crippen LogP contribution is -2.30. The molecule has 2 aromatic rings. The molecule has 150 valence electrons. The summed E-state index contributed by atoms with van der Waals surface area (Å²) >= 11 is 5.94. The van der Waals surface area contributed by atoms with Crippen molar-refractivity contribution in [3.05, 3.63) is 58.6 Å². The van der Waals surface area contributed by atoms with Crippen LogP contribution in [0.5, 0.6) is 11.5 Å². The Hall–Kier alpha value is -3.50. The van der Waals surface area contributed by atoms with Crippen molar-refractivity contribution in [1.29, 1.82) is 5.26 Å². The van der Waals surface area contributed by atoms with Crippen LogP contribution in [0.25, 0.3) is 6.08 Å². The SMILES string of the molecule is COc1cccc(/C=C(\C#N)C(=O)O[C@@H](C)C(=O)Nc2cc(Cl)ccc2OC)c1. The van der Waals surface area contributed by atoms with Gasteiger partial charge in [0.15, 0.2) is 6.10 Å². The zero-order chi connectivity index (χ0) is 21.4. The minimum atomic E-state index is -1.16. The molecular formula is C21H19ClN2O5. The highest BCUT2D eigenvalue weighted by Gasteiger charge is 2.21. The summed E-state index contributed by atoms with van der Waals surface area (Å²) in [6, 6.07) is 13.3. The van der Waals surface area contributed by atoms with E-state index in [2.05, 4.69) is 5.32 Å². The summed E-state index contributed by atoms with van der Waals surface area (Å²) in [6.45, 7) is 1.39. The number of carbonyl (C=O) groups is 2. The van der Waals surface area contributed by atoms with Crippen LogP contribution in [0.15, 0.2) is 48.0 Å². The predicted octanol–water partition coefficient (Wildman–Crippen LogP) is 3.83. The Morgan fingerprint density at radius 3 is 2.59 bits per heavy atom. The van der Waals surface area contributed by atoms with E-state index >= 15 is 0 Å². The Kier molecular flexibility index (Phi) is 7.63. The summed E-state index contributed by atoms with van der Waals surface area (Å²) in [7, 11) is 2.96. The number of benzene rings is 2. The van der Waals surface area contributed by atoms with Gasteiger partial charge in [0.25, 0.3) is 5.91 Å². The molecule has 8 heteroatoms. The van der Waals surface area contributed by atoms with Crippen molar-refractivity contribution in [1.82, 2.24) is 0 Å². The van der Waals surface area contributed by atoms with Gasteiger partial charge < -0.3 is 19.5 Å². The Balaban J connectivity index is 2.10. The van der Waals surface area contributed by atoms with E-state index in [1.54, 1.807) is 42.5 Å². The number of amides is 1. The van der Waals surface area contributed by atoms with Crippen LogP contribution in [-0.2, 0) is 14.3 Å². The van der Waals surface area contributed by atoms with Crippen molar-refractivity contribution in [3.8, 4) is 17.6 Å². The molecule has 0 saturated carbocycles. The van der Waals surface area contributed by atoms with Gasteiger partial charge in [-0.1, -0.05) is 23.7 Å². The van der Waals surface area contributed by atoms with Gasteiger partial charge in [-0.25, -0.2) is 4.79 Å². The molecule has 1 N–H and O–H groups in total. The molecular weight excluding hydrogens is 396 g/mol. The number of esters is 1. The third-order valence-corrected chi connectivity index (χ3v) is 4.05. The zero-order valence-corrected chi connectivity index (χ0v) is 16.8. The standard InChI is InChI=1S/C21H19ClN2O5/c1-13(20(25)24-18-11-16(22)7-8-19(18)28-3)29-21(26)15(12-23)9-14-5-4-6-17(10-14)27-2/h4-11,13H,1-3H3,(H,24,25)/b15-9+/t13-/m0/s1. The highest BCUT2D eigenvalue weighted by Crippen LogP contribution is 2.28. The molecule has 1 atom stereocenters. The first kappa shape index (κ1) is 21.8. The van der Waals surface area contributed by atoms with E-state index in [-0.39, 0.29) is 5.57 Å². The summed E-state index contributed by atoms with van der Waals surface area (Å²) in [5.74, 6) is -0.543. The first-order chi connectivity index (χ1) is 13.9. The van der Waals surface area contributed by atoms with Gasteiger partial charge >= 0.3 is 5.97 Å². The molecule has 2 rings (SSSR count). The number of ether oxygens (including phenoxy) is 3. The number of hydrogen-bond donors (Lipinski definition) is 1. The second kappa shape index (κ2) is 10.2. The van der Waals surface area contributed by atoms with E-state index < -0.39 is 18.0 Å². The van der Waals surface area contributed by atoms with Gasteiger partial charge in [0.05, 0.1) is 19.9 Å². The fourth-order valence-corrected chi connectivity index (χ4v) is 2.50. The molecule has 0 saturated heterocycles. The van der Waals surface area contributed by atoms with Crippen molar-refractivity contribution in [2.75, 3.05) is 19.5 Å². The molecule has 7 nitrogen and oxygen atoms in total. The summed E-state index contributed by atoms with van der Waals surface area (Å²) in [4.78, 5) is 24.7. The van der Waals surface area contributed by atoms with Crippen molar-refractivity contribution in [2.24, 2.45) is 0 Å². The molecule has 0 radical (unpaired) electrons. The number of methoxy groups -OCH3 is 2. The van der Waals surface area contributed by atoms with Gasteiger partial charge in [-0.3, -0.25) is 4.79 Å². The van der Waals surface area contributed by atoms with E-state index in [0.717, 1.165) is 0 Å². The van der Waals surface area contributed by atoms with Crippen LogP contribution >= 0.6 is 11.6 Å². The van der Waals surface area contributed by atoms with E-state index in [0.29, 0.717) is 27.8 Å². The number of anilines is 1. The summed E-state index contributed by atoms with van der Waals surface area (Å²) in [5.41, 5.74) is 0.664. The lowest BCUT2D eigenvalue weighted by Gasteiger charge is -2.15. The van der Waals surface area contributed by atoms with Crippen LogP contribution in [0, 0.1) is 11.3 Å². The highest BCUT2D eigenvalue weighted by molar-refractivity contribution is 6.31. The topological polar surface area (TPSA) is 97.6 Å². The van der Waals surface area contributed by atoms with Crippen molar-refractivity contribution >= 4 is 35.2 Å². The highest BCUT2D eigenvalue weighted by atomic mass is 35.5. The zero-order valence-electron chi connectivity index (χ0n) is 16.1. The number of nitrogens with zero attached hydrogens (tertiary/aromatic N) is 1. The lowest BCUT2D eigenvalue weighted by atomic mass is 10.1. The van der Waals surface area contributed by atoms with E-state index in [1.165, 1.54) is 33.3 Å². The number of nitrogens with one attached hydrogen (secondary N) is 1. The fraction of sp³-hybridized carbons (Fsp3) is 0.190. The van der Waals surface area contributed by atoms with Crippen LogP contribution in [-0.4, -0.2) is 32.2 Å². The Morgan fingerprint density at radius 2 is 1.93 bits per heavy atom. The van der Waals surface area contributed by atoms with Crippen LogP contribution in [0.2, 0.25) is 5.02 Å². The second-order valence-electron chi connectivity index (χ2n) is 5.83. The Bertz CT molecular complexity index is 981. The first-order valence-corrected chi connectivity index (χ1v) is 8.87. The van der Waals surface area contributed by atoms with E-state index in [1.807, 2.05) is 0 Å². The normalized spacial score (nSPS) is 11.8. The molecule has 2 aromatic carbocycles. The van der Waals surface area contributed by atoms with Gasteiger partial charge in [0, 0.05) is 5.02 Å². The third kappa shape index (κ3) is 5.99. The first-order valence-electron chi connectivity index (χ1n) is 8.49.